The van der Waals surface area contributed by atoms with E-state index in [1.807, 2.05) is 30.3 Å². The highest BCUT2D eigenvalue weighted by Gasteiger charge is 2.23. The molecule has 3 rings (SSSR count). The zero-order valence-corrected chi connectivity index (χ0v) is 17.1. The third kappa shape index (κ3) is 4.19. The molecule has 3 aromatic rings. The van der Waals surface area contributed by atoms with Crippen LogP contribution in [0.2, 0.25) is 0 Å². The number of benzene rings is 1. The van der Waals surface area contributed by atoms with Crippen molar-refractivity contribution in [2.75, 3.05) is 24.3 Å². The average molecular weight is 418 g/mol. The number of amides is 2. The molecule has 28 heavy (non-hydrogen) atoms. The predicted octanol–water partition coefficient (Wildman–Crippen LogP) is 3.09. The summed E-state index contributed by atoms with van der Waals surface area (Å²) in [6.07, 6.45) is 1.72. The van der Waals surface area contributed by atoms with Gasteiger partial charge < -0.3 is 5.32 Å². The van der Waals surface area contributed by atoms with E-state index in [1.165, 1.54) is 19.0 Å². The van der Waals surface area contributed by atoms with Gasteiger partial charge in [-0.25, -0.2) is 22.9 Å². The first-order chi connectivity index (χ1) is 13.3. The van der Waals surface area contributed by atoms with E-state index >= 15 is 0 Å². The van der Waals surface area contributed by atoms with E-state index in [0.717, 1.165) is 22.6 Å². The van der Waals surface area contributed by atoms with Crippen molar-refractivity contribution in [2.45, 2.75) is 11.1 Å². The third-order valence-electron chi connectivity index (χ3n) is 3.94. The maximum absolute atomic E-state index is 12.5. The summed E-state index contributed by atoms with van der Waals surface area (Å²) in [7, 11) is -0.750. The van der Waals surface area contributed by atoms with Crippen molar-refractivity contribution in [3.8, 4) is 11.3 Å². The molecule has 8 nitrogen and oxygen atoms in total. The molecule has 0 saturated carbocycles. The Morgan fingerprint density at radius 3 is 2.46 bits per heavy atom. The molecule has 0 aliphatic carbocycles. The van der Waals surface area contributed by atoms with Crippen LogP contribution in [-0.2, 0) is 10.0 Å². The van der Waals surface area contributed by atoms with Gasteiger partial charge in [0, 0.05) is 24.5 Å². The van der Waals surface area contributed by atoms with Crippen molar-refractivity contribution in [1.29, 1.82) is 0 Å². The SMILES string of the molecule is CNS(=O)(=O)c1sc(N(C)C(=O)Nc2ccc(-c3ccccn3)cc2)nc1C. The maximum Gasteiger partial charge on any atom is 0.327 e. The topological polar surface area (TPSA) is 104 Å². The quantitative estimate of drug-likeness (QED) is 0.664. The second-order valence-electron chi connectivity index (χ2n) is 5.86. The minimum absolute atomic E-state index is 0.0874. The summed E-state index contributed by atoms with van der Waals surface area (Å²) < 4.78 is 26.3. The standard InChI is InChI=1S/C18H19N5O3S2/c1-12-16(28(25,26)19-2)27-18(21-12)23(3)17(24)22-14-9-7-13(8-10-14)15-6-4-5-11-20-15/h4-11,19H,1-3H3,(H,22,24). The first-order valence-corrected chi connectivity index (χ1v) is 10.6. The monoisotopic (exact) mass is 417 g/mol. The highest BCUT2D eigenvalue weighted by atomic mass is 32.2. The molecule has 0 unspecified atom stereocenters. The minimum atomic E-state index is -3.62. The molecule has 2 amide bonds. The molecule has 0 aliphatic rings. The molecule has 0 spiro atoms. The lowest BCUT2D eigenvalue weighted by Crippen LogP contribution is -2.31. The van der Waals surface area contributed by atoms with Crippen LogP contribution in [0.3, 0.4) is 0 Å². The van der Waals surface area contributed by atoms with Crippen LogP contribution in [0.5, 0.6) is 0 Å². The Balaban J connectivity index is 1.74. The molecule has 2 heterocycles. The zero-order valence-electron chi connectivity index (χ0n) is 15.5. The van der Waals surface area contributed by atoms with Gasteiger partial charge in [-0.05, 0) is 38.2 Å². The molecule has 1 aromatic carbocycles. The number of anilines is 2. The lowest BCUT2D eigenvalue weighted by atomic mass is 10.1. The molecular weight excluding hydrogens is 398 g/mol. The van der Waals surface area contributed by atoms with Crippen LogP contribution in [0, 0.1) is 6.92 Å². The Bertz CT molecular complexity index is 1080. The van der Waals surface area contributed by atoms with Gasteiger partial charge in [-0.2, -0.15) is 0 Å². The summed E-state index contributed by atoms with van der Waals surface area (Å²) in [5.74, 6) is 0. The average Bonchev–Trinajstić information content (AvgIpc) is 3.11. The van der Waals surface area contributed by atoms with Crippen LogP contribution in [-0.4, -0.2) is 38.5 Å². The number of nitrogens with zero attached hydrogens (tertiary/aromatic N) is 3. The molecule has 146 valence electrons. The maximum atomic E-state index is 12.5. The van der Waals surface area contributed by atoms with E-state index in [-0.39, 0.29) is 9.34 Å². The van der Waals surface area contributed by atoms with E-state index in [1.54, 1.807) is 25.3 Å². The Labute approximate surface area is 167 Å². The number of nitrogens with one attached hydrogen (secondary N) is 2. The van der Waals surface area contributed by atoms with Crippen molar-refractivity contribution in [1.82, 2.24) is 14.7 Å². The molecule has 2 N–H and O–H groups in total. The Kier molecular flexibility index (Phi) is 5.73. The molecule has 0 atom stereocenters. The van der Waals surface area contributed by atoms with E-state index < -0.39 is 16.1 Å². The Morgan fingerprint density at radius 2 is 1.86 bits per heavy atom. The van der Waals surface area contributed by atoms with Crippen molar-refractivity contribution in [3.05, 3.63) is 54.4 Å². The van der Waals surface area contributed by atoms with E-state index in [4.69, 9.17) is 0 Å². The summed E-state index contributed by atoms with van der Waals surface area (Å²) in [6, 6.07) is 12.5. The molecule has 0 saturated heterocycles. The summed E-state index contributed by atoms with van der Waals surface area (Å²) in [4.78, 5) is 22.3. The summed E-state index contributed by atoms with van der Waals surface area (Å²) in [6.45, 7) is 1.59. The number of hydrogen-bond acceptors (Lipinski definition) is 6. The zero-order chi connectivity index (χ0) is 20.3. The molecule has 10 heteroatoms. The predicted molar refractivity (Wildman–Crippen MR) is 110 cm³/mol. The second kappa shape index (κ2) is 8.05. The first-order valence-electron chi connectivity index (χ1n) is 8.29. The number of pyridine rings is 1. The molecule has 0 aliphatic heterocycles. The molecular formula is C18H19N5O3S2. The largest absolute Gasteiger partial charge is 0.327 e. The Morgan fingerprint density at radius 1 is 1.14 bits per heavy atom. The number of hydrogen-bond donors (Lipinski definition) is 2. The second-order valence-corrected chi connectivity index (χ2v) is 8.92. The number of aryl methyl sites for hydroxylation is 1. The molecule has 0 fully saturated rings. The van der Waals surface area contributed by atoms with E-state index in [0.29, 0.717) is 11.4 Å². The minimum Gasteiger partial charge on any atom is -0.307 e. The van der Waals surface area contributed by atoms with Crippen molar-refractivity contribution >= 4 is 38.2 Å². The Hall–Kier alpha value is -2.82. The van der Waals surface area contributed by atoms with Crippen LogP contribution >= 0.6 is 11.3 Å². The fraction of sp³-hybridized carbons (Fsp3) is 0.167. The van der Waals surface area contributed by atoms with Crippen molar-refractivity contribution in [3.63, 3.8) is 0 Å². The first kappa shape index (κ1) is 19.9. The summed E-state index contributed by atoms with van der Waals surface area (Å²) >= 11 is 0.933. The number of thiazole rings is 1. The highest BCUT2D eigenvalue weighted by molar-refractivity contribution is 7.91. The van der Waals surface area contributed by atoms with E-state index in [9.17, 15) is 13.2 Å². The van der Waals surface area contributed by atoms with Gasteiger partial charge in [0.2, 0.25) is 0 Å². The smallest absolute Gasteiger partial charge is 0.307 e. The van der Waals surface area contributed by atoms with Gasteiger partial charge in [-0.15, -0.1) is 0 Å². The number of aromatic nitrogens is 2. The fourth-order valence-corrected chi connectivity index (χ4v) is 4.70. The number of carbonyl (C=O) groups excluding carboxylic acids is 1. The fourth-order valence-electron chi connectivity index (χ4n) is 2.41. The van der Waals surface area contributed by atoms with Crippen LogP contribution in [0.15, 0.2) is 52.9 Å². The molecule has 0 bridgehead atoms. The van der Waals surface area contributed by atoms with Crippen molar-refractivity contribution in [2.24, 2.45) is 0 Å². The lowest BCUT2D eigenvalue weighted by Gasteiger charge is -2.15. The van der Waals surface area contributed by atoms with Crippen molar-refractivity contribution < 1.29 is 13.2 Å². The normalized spacial score (nSPS) is 11.2. The molecule has 0 radical (unpaired) electrons. The van der Waals surface area contributed by atoms with Crippen LogP contribution in [0.1, 0.15) is 5.69 Å². The summed E-state index contributed by atoms with van der Waals surface area (Å²) in [5.41, 5.74) is 2.72. The number of sulfonamides is 1. The highest BCUT2D eigenvalue weighted by Crippen LogP contribution is 2.29. The van der Waals surface area contributed by atoms with Gasteiger partial charge in [-0.3, -0.25) is 9.88 Å². The van der Waals surface area contributed by atoms with Gasteiger partial charge in [0.15, 0.2) is 9.34 Å². The summed E-state index contributed by atoms with van der Waals surface area (Å²) in [5, 5.41) is 3.05. The van der Waals surface area contributed by atoms with Gasteiger partial charge in [0.25, 0.3) is 10.0 Å². The van der Waals surface area contributed by atoms with Gasteiger partial charge >= 0.3 is 6.03 Å². The number of rotatable bonds is 5. The lowest BCUT2D eigenvalue weighted by molar-refractivity contribution is 0.258. The van der Waals surface area contributed by atoms with E-state index in [2.05, 4.69) is 20.0 Å². The number of carbonyl (C=O) groups is 1. The van der Waals surface area contributed by atoms with Gasteiger partial charge in [-0.1, -0.05) is 29.5 Å². The van der Waals surface area contributed by atoms with Crippen LogP contribution < -0.4 is 14.9 Å². The van der Waals surface area contributed by atoms with Gasteiger partial charge in [0.1, 0.15) is 0 Å². The van der Waals surface area contributed by atoms with Crippen LogP contribution in [0.4, 0.5) is 15.6 Å². The van der Waals surface area contributed by atoms with Crippen LogP contribution in [0.25, 0.3) is 11.3 Å². The third-order valence-corrected chi connectivity index (χ3v) is 7.20. The number of urea groups is 1. The van der Waals surface area contributed by atoms with Gasteiger partial charge in [0.05, 0.1) is 11.4 Å². The molecule has 2 aromatic heterocycles.